The molecule has 2 aromatic heterocycles. The smallest absolute Gasteiger partial charge is 0.191 e. The maximum Gasteiger partial charge on any atom is 0.191 e. The molecule has 0 spiro atoms. The van der Waals surface area contributed by atoms with E-state index >= 15 is 0 Å². The Kier molecular flexibility index (Phi) is 8.63. The van der Waals surface area contributed by atoms with Gasteiger partial charge in [0.05, 0.1) is 17.3 Å². The number of fused-ring (bicyclic) bond motifs is 1. The Hall–Kier alpha value is -2.03. The number of imidazole rings is 1. The summed E-state index contributed by atoms with van der Waals surface area (Å²) in [6.07, 6.45) is 3.52. The fourth-order valence-electron chi connectivity index (χ4n) is 3.00. The Balaban J connectivity index is 0.00000261. The van der Waals surface area contributed by atoms with E-state index in [9.17, 15) is 0 Å². The summed E-state index contributed by atoms with van der Waals surface area (Å²) < 4.78 is 7.62. The van der Waals surface area contributed by atoms with Crippen molar-refractivity contribution in [2.24, 2.45) is 4.99 Å². The van der Waals surface area contributed by atoms with Crippen molar-refractivity contribution < 1.29 is 4.42 Å². The van der Waals surface area contributed by atoms with Crippen LogP contribution in [0.2, 0.25) is 0 Å². The number of benzene rings is 1. The van der Waals surface area contributed by atoms with Crippen LogP contribution < -0.4 is 10.6 Å². The van der Waals surface area contributed by atoms with Crippen molar-refractivity contribution in [1.82, 2.24) is 20.2 Å². The first-order valence-corrected chi connectivity index (χ1v) is 9.24. The lowest BCUT2D eigenvalue weighted by Gasteiger charge is -2.11. The van der Waals surface area contributed by atoms with Gasteiger partial charge in [-0.1, -0.05) is 12.1 Å². The van der Waals surface area contributed by atoms with Gasteiger partial charge in [0.25, 0.3) is 0 Å². The summed E-state index contributed by atoms with van der Waals surface area (Å²) in [6.45, 7) is 7.46. The number of aromatic nitrogens is 2. The third kappa shape index (κ3) is 5.98. The van der Waals surface area contributed by atoms with Crippen molar-refractivity contribution in [2.75, 3.05) is 19.6 Å². The quantitative estimate of drug-likeness (QED) is 0.223. The lowest BCUT2D eigenvalue weighted by Crippen LogP contribution is -2.38. The molecule has 0 aliphatic rings. The van der Waals surface area contributed by atoms with E-state index in [0.29, 0.717) is 0 Å². The van der Waals surface area contributed by atoms with Crippen LogP contribution in [0.3, 0.4) is 0 Å². The summed E-state index contributed by atoms with van der Waals surface area (Å²) >= 11 is 0. The highest BCUT2D eigenvalue weighted by Gasteiger charge is 2.06. The predicted octanol–water partition coefficient (Wildman–Crippen LogP) is 3.74. The molecule has 0 saturated heterocycles. The van der Waals surface area contributed by atoms with Crippen LogP contribution in [0.4, 0.5) is 0 Å². The maximum atomic E-state index is 5.35. The SMILES string of the molecule is CCNC(=NCCCn1c(C)nc2ccccc21)NCCc1ccco1.I. The van der Waals surface area contributed by atoms with Gasteiger partial charge in [-0.3, -0.25) is 4.99 Å². The highest BCUT2D eigenvalue weighted by Crippen LogP contribution is 2.15. The number of halogens is 1. The van der Waals surface area contributed by atoms with Gasteiger partial charge < -0.3 is 19.6 Å². The van der Waals surface area contributed by atoms with Crippen LogP contribution in [0.5, 0.6) is 0 Å². The minimum Gasteiger partial charge on any atom is -0.469 e. The van der Waals surface area contributed by atoms with Gasteiger partial charge in [0.1, 0.15) is 11.6 Å². The second kappa shape index (κ2) is 11.0. The predicted molar refractivity (Wildman–Crippen MR) is 121 cm³/mol. The normalized spacial score (nSPS) is 11.4. The standard InChI is InChI=1S/C20H27N5O.HI/c1-3-21-20(23-13-11-17-8-6-15-26-17)22-12-7-14-25-16(2)24-18-9-4-5-10-19(18)25;/h4-6,8-10,15H,3,7,11-14H2,1-2H3,(H2,21,22,23);1H. The first-order chi connectivity index (χ1) is 12.8. The average molecular weight is 481 g/mol. The fourth-order valence-corrected chi connectivity index (χ4v) is 3.00. The molecule has 0 amide bonds. The Morgan fingerprint density at radius 3 is 2.81 bits per heavy atom. The zero-order valence-electron chi connectivity index (χ0n) is 15.9. The van der Waals surface area contributed by atoms with Gasteiger partial charge >= 0.3 is 0 Å². The number of hydrogen-bond donors (Lipinski definition) is 2. The number of hydrogen-bond acceptors (Lipinski definition) is 3. The molecule has 3 aromatic rings. The molecule has 0 saturated carbocycles. The van der Waals surface area contributed by atoms with E-state index in [4.69, 9.17) is 4.42 Å². The molecule has 1 aromatic carbocycles. The van der Waals surface area contributed by atoms with Gasteiger partial charge in [-0.25, -0.2) is 4.98 Å². The van der Waals surface area contributed by atoms with E-state index in [1.165, 1.54) is 5.52 Å². The molecule has 6 nitrogen and oxygen atoms in total. The molecular weight excluding hydrogens is 453 g/mol. The van der Waals surface area contributed by atoms with Crippen molar-refractivity contribution in [1.29, 1.82) is 0 Å². The van der Waals surface area contributed by atoms with Crippen LogP contribution in [-0.2, 0) is 13.0 Å². The van der Waals surface area contributed by atoms with Crippen LogP contribution in [0.1, 0.15) is 24.9 Å². The largest absolute Gasteiger partial charge is 0.469 e. The molecule has 7 heteroatoms. The molecule has 0 atom stereocenters. The Morgan fingerprint density at radius 1 is 1.19 bits per heavy atom. The van der Waals surface area contributed by atoms with Crippen molar-refractivity contribution >= 4 is 41.0 Å². The number of nitrogens with one attached hydrogen (secondary N) is 2. The first-order valence-electron chi connectivity index (χ1n) is 9.24. The monoisotopic (exact) mass is 481 g/mol. The van der Waals surface area contributed by atoms with Crippen molar-refractivity contribution in [3.63, 3.8) is 0 Å². The van der Waals surface area contributed by atoms with E-state index in [2.05, 4.69) is 57.2 Å². The summed E-state index contributed by atoms with van der Waals surface area (Å²) in [5.74, 6) is 2.89. The molecule has 0 radical (unpaired) electrons. The summed E-state index contributed by atoms with van der Waals surface area (Å²) in [6, 6.07) is 12.2. The number of rotatable bonds is 8. The Bertz CT molecular complexity index is 841. The molecule has 2 heterocycles. The Labute approximate surface area is 177 Å². The molecule has 0 unspecified atom stereocenters. The molecule has 0 fully saturated rings. The zero-order chi connectivity index (χ0) is 18.2. The molecule has 0 aliphatic carbocycles. The van der Waals surface area contributed by atoms with Crippen molar-refractivity contribution in [3.8, 4) is 0 Å². The highest BCUT2D eigenvalue weighted by atomic mass is 127. The van der Waals surface area contributed by atoms with Gasteiger partial charge in [0.15, 0.2) is 5.96 Å². The first kappa shape index (κ1) is 21.3. The van der Waals surface area contributed by atoms with Gasteiger partial charge in [0, 0.05) is 32.6 Å². The molecule has 2 N–H and O–H groups in total. The average Bonchev–Trinajstić information content (AvgIpc) is 3.26. The minimum absolute atomic E-state index is 0. The van der Waals surface area contributed by atoms with Crippen molar-refractivity contribution in [2.45, 2.75) is 33.2 Å². The number of nitrogens with zero attached hydrogens (tertiary/aromatic N) is 3. The van der Waals surface area contributed by atoms with Crippen LogP contribution in [0.15, 0.2) is 52.1 Å². The third-order valence-electron chi connectivity index (χ3n) is 4.24. The van der Waals surface area contributed by atoms with E-state index in [-0.39, 0.29) is 24.0 Å². The topological polar surface area (TPSA) is 67.4 Å². The molecule has 27 heavy (non-hydrogen) atoms. The van der Waals surface area contributed by atoms with Crippen LogP contribution in [0.25, 0.3) is 11.0 Å². The summed E-state index contributed by atoms with van der Waals surface area (Å²) in [5.41, 5.74) is 2.25. The van der Waals surface area contributed by atoms with Gasteiger partial charge in [0.2, 0.25) is 0 Å². The van der Waals surface area contributed by atoms with Crippen LogP contribution >= 0.6 is 24.0 Å². The molecule has 0 bridgehead atoms. The number of aryl methyl sites for hydroxylation is 2. The van der Waals surface area contributed by atoms with Crippen molar-refractivity contribution in [3.05, 3.63) is 54.2 Å². The van der Waals surface area contributed by atoms with Gasteiger partial charge in [-0.15, -0.1) is 24.0 Å². The van der Waals surface area contributed by atoms with Crippen LogP contribution in [-0.4, -0.2) is 35.1 Å². The van der Waals surface area contributed by atoms with E-state index in [1.807, 2.05) is 18.2 Å². The third-order valence-corrected chi connectivity index (χ3v) is 4.24. The molecule has 3 rings (SSSR count). The molecule has 146 valence electrons. The van der Waals surface area contributed by atoms with E-state index < -0.39 is 0 Å². The van der Waals surface area contributed by atoms with Crippen LogP contribution in [0, 0.1) is 6.92 Å². The van der Waals surface area contributed by atoms with Gasteiger partial charge in [-0.05, 0) is 44.5 Å². The lowest BCUT2D eigenvalue weighted by molar-refractivity contribution is 0.506. The number of aliphatic imine (C=N–C) groups is 1. The highest BCUT2D eigenvalue weighted by molar-refractivity contribution is 14.0. The zero-order valence-corrected chi connectivity index (χ0v) is 18.3. The number of furan rings is 1. The number of para-hydroxylation sites is 2. The molecule has 0 aliphatic heterocycles. The summed E-state index contributed by atoms with van der Waals surface area (Å²) in [4.78, 5) is 9.29. The number of guanidine groups is 1. The van der Waals surface area contributed by atoms with Gasteiger partial charge in [-0.2, -0.15) is 0 Å². The Morgan fingerprint density at radius 2 is 2.04 bits per heavy atom. The lowest BCUT2D eigenvalue weighted by atomic mass is 10.3. The van der Waals surface area contributed by atoms with E-state index in [1.54, 1.807) is 6.26 Å². The maximum absolute atomic E-state index is 5.35. The minimum atomic E-state index is 0. The fraction of sp³-hybridized carbons (Fsp3) is 0.400. The van der Waals surface area contributed by atoms with E-state index in [0.717, 1.165) is 62.1 Å². The molecular formula is C20H28IN5O. The second-order valence-electron chi connectivity index (χ2n) is 6.17. The summed E-state index contributed by atoms with van der Waals surface area (Å²) in [5, 5.41) is 6.64. The second-order valence-corrected chi connectivity index (χ2v) is 6.17. The summed E-state index contributed by atoms with van der Waals surface area (Å²) in [7, 11) is 0.